The fraction of sp³-hybridized carbons (Fsp3) is 0.632. The van der Waals surface area contributed by atoms with Gasteiger partial charge in [-0.1, -0.05) is 0 Å². The third-order valence-corrected chi connectivity index (χ3v) is 6.18. The van der Waals surface area contributed by atoms with Gasteiger partial charge < -0.3 is 23.8 Å². The Kier molecular flexibility index (Phi) is 7.09. The van der Waals surface area contributed by atoms with E-state index in [2.05, 4.69) is 4.90 Å². The Hall–Kier alpha value is -1.64. The van der Waals surface area contributed by atoms with Crippen molar-refractivity contribution >= 4 is 17.7 Å². The molecule has 0 aliphatic carbocycles. The molecule has 27 heavy (non-hydrogen) atoms. The number of amides is 1. The summed E-state index contributed by atoms with van der Waals surface area (Å²) in [5.41, 5.74) is 0.942. The van der Waals surface area contributed by atoms with Crippen molar-refractivity contribution in [1.29, 1.82) is 0 Å². The first-order chi connectivity index (χ1) is 13.2. The number of carbonyl (C=O) groups is 1. The van der Waals surface area contributed by atoms with Crippen LogP contribution in [0.25, 0.3) is 0 Å². The zero-order chi connectivity index (χ0) is 19.2. The number of carbonyl (C=O) groups excluding carboxylic acids is 1. The van der Waals surface area contributed by atoms with Crippen molar-refractivity contribution in [3.63, 3.8) is 0 Å². The Morgan fingerprint density at radius 2 is 1.70 bits per heavy atom. The molecule has 1 aromatic carbocycles. The minimum Gasteiger partial charge on any atom is -0.496 e. The lowest BCUT2D eigenvalue weighted by Crippen LogP contribution is -2.38. The summed E-state index contributed by atoms with van der Waals surface area (Å²) in [5.74, 6) is 2.62. The molecule has 0 saturated carbocycles. The molecule has 1 amide bonds. The van der Waals surface area contributed by atoms with Crippen LogP contribution in [-0.4, -0.2) is 82.2 Å². The molecule has 150 valence electrons. The average molecular weight is 397 g/mol. The molecule has 2 fully saturated rings. The number of methoxy groups -OCH3 is 3. The van der Waals surface area contributed by atoms with E-state index < -0.39 is 0 Å². The number of morpholine rings is 1. The lowest BCUT2D eigenvalue weighted by molar-refractivity contribution is -0.128. The van der Waals surface area contributed by atoms with Gasteiger partial charge in [0.2, 0.25) is 5.91 Å². The lowest BCUT2D eigenvalue weighted by atomic mass is 10.1. The molecule has 2 aliphatic rings. The molecule has 2 heterocycles. The maximum Gasteiger partial charge on any atom is 0.233 e. The molecule has 0 aromatic heterocycles. The minimum absolute atomic E-state index is 0.0723. The summed E-state index contributed by atoms with van der Waals surface area (Å²) in [6.45, 7) is 5.23. The maximum absolute atomic E-state index is 12.5. The summed E-state index contributed by atoms with van der Waals surface area (Å²) in [6.07, 6.45) is 0.943. The second-order valence-electron chi connectivity index (χ2n) is 6.51. The van der Waals surface area contributed by atoms with Gasteiger partial charge in [0.25, 0.3) is 0 Å². The largest absolute Gasteiger partial charge is 0.496 e. The smallest absolute Gasteiger partial charge is 0.233 e. The van der Waals surface area contributed by atoms with Gasteiger partial charge in [0.1, 0.15) is 11.1 Å². The van der Waals surface area contributed by atoms with E-state index in [0.29, 0.717) is 23.0 Å². The molecular formula is C19H28N2O5S. The summed E-state index contributed by atoms with van der Waals surface area (Å²) in [7, 11) is 4.85. The first-order valence-electron chi connectivity index (χ1n) is 9.19. The van der Waals surface area contributed by atoms with Gasteiger partial charge in [0, 0.05) is 37.8 Å². The molecular weight excluding hydrogens is 368 g/mol. The van der Waals surface area contributed by atoms with Crippen molar-refractivity contribution in [3.05, 3.63) is 17.7 Å². The van der Waals surface area contributed by atoms with E-state index in [4.69, 9.17) is 18.9 Å². The molecule has 0 radical (unpaired) electrons. The normalized spacial score (nSPS) is 20.8. The maximum atomic E-state index is 12.5. The second kappa shape index (κ2) is 9.52. The molecule has 0 spiro atoms. The molecule has 1 aromatic rings. The van der Waals surface area contributed by atoms with Gasteiger partial charge >= 0.3 is 0 Å². The number of hydrogen-bond donors (Lipinski definition) is 0. The fourth-order valence-corrected chi connectivity index (χ4v) is 4.72. The zero-order valence-corrected chi connectivity index (χ0v) is 17.0. The van der Waals surface area contributed by atoms with Crippen LogP contribution in [0, 0.1) is 0 Å². The van der Waals surface area contributed by atoms with E-state index >= 15 is 0 Å². The van der Waals surface area contributed by atoms with Gasteiger partial charge in [-0.05, 0) is 12.5 Å². The Morgan fingerprint density at radius 1 is 1.04 bits per heavy atom. The first kappa shape index (κ1) is 20.1. The Balaban J connectivity index is 1.72. The number of benzene rings is 1. The molecule has 3 rings (SSSR count). The second-order valence-corrected chi connectivity index (χ2v) is 7.58. The van der Waals surface area contributed by atoms with Crippen molar-refractivity contribution in [2.75, 3.05) is 66.5 Å². The predicted molar refractivity (Wildman–Crippen MR) is 105 cm³/mol. The van der Waals surface area contributed by atoms with Crippen LogP contribution in [0.5, 0.6) is 17.2 Å². The van der Waals surface area contributed by atoms with Crippen molar-refractivity contribution in [2.45, 2.75) is 11.8 Å². The third-order valence-electron chi connectivity index (χ3n) is 4.95. The summed E-state index contributed by atoms with van der Waals surface area (Å²) in [6, 6.07) is 3.74. The zero-order valence-electron chi connectivity index (χ0n) is 16.2. The van der Waals surface area contributed by atoms with E-state index in [0.717, 1.165) is 51.4 Å². The number of rotatable bonds is 8. The van der Waals surface area contributed by atoms with Crippen LogP contribution < -0.4 is 14.2 Å². The van der Waals surface area contributed by atoms with Gasteiger partial charge in [0.15, 0.2) is 11.5 Å². The highest BCUT2D eigenvalue weighted by molar-refractivity contribution is 8.00. The van der Waals surface area contributed by atoms with Crippen LogP contribution in [0.15, 0.2) is 12.1 Å². The van der Waals surface area contributed by atoms with Crippen molar-refractivity contribution in [1.82, 2.24) is 9.80 Å². The van der Waals surface area contributed by atoms with E-state index in [1.807, 2.05) is 17.0 Å². The molecule has 2 aliphatic heterocycles. The highest BCUT2D eigenvalue weighted by Crippen LogP contribution is 2.46. The van der Waals surface area contributed by atoms with E-state index in [-0.39, 0.29) is 11.3 Å². The van der Waals surface area contributed by atoms with Crippen molar-refractivity contribution in [3.8, 4) is 17.2 Å². The highest BCUT2D eigenvalue weighted by Gasteiger charge is 2.35. The Bertz CT molecular complexity index is 651. The quantitative estimate of drug-likeness (QED) is 0.666. The fourth-order valence-electron chi connectivity index (χ4n) is 3.49. The van der Waals surface area contributed by atoms with Crippen LogP contribution in [-0.2, 0) is 9.53 Å². The Morgan fingerprint density at radius 3 is 2.37 bits per heavy atom. The lowest BCUT2D eigenvalue weighted by Gasteiger charge is -2.29. The SMILES string of the molecule is COc1cc(OC)c(C2SCC(=O)N2CCCN2CCOCC2)cc1OC. The minimum atomic E-state index is -0.0723. The van der Waals surface area contributed by atoms with Crippen molar-refractivity contribution < 1.29 is 23.7 Å². The van der Waals surface area contributed by atoms with Gasteiger partial charge in [-0.15, -0.1) is 11.8 Å². The molecule has 2 saturated heterocycles. The average Bonchev–Trinajstić information content (AvgIpc) is 3.08. The van der Waals surface area contributed by atoms with Gasteiger partial charge in [0.05, 0.1) is 40.3 Å². The molecule has 8 heteroatoms. The van der Waals surface area contributed by atoms with Crippen LogP contribution in [0.2, 0.25) is 0 Å². The number of thioether (sulfide) groups is 1. The number of nitrogens with zero attached hydrogens (tertiary/aromatic N) is 2. The van der Waals surface area contributed by atoms with Crippen LogP contribution in [0.3, 0.4) is 0 Å². The molecule has 1 unspecified atom stereocenters. The predicted octanol–water partition coefficient (Wildman–Crippen LogP) is 2.01. The number of ether oxygens (including phenoxy) is 4. The molecule has 0 bridgehead atoms. The summed E-state index contributed by atoms with van der Waals surface area (Å²) in [4.78, 5) is 16.8. The van der Waals surface area contributed by atoms with E-state index in [1.54, 1.807) is 33.1 Å². The standard InChI is InChI=1S/C19H28N2O5S/c1-23-15-12-17(25-3)16(24-2)11-14(15)19-21(18(22)13-27-19)6-4-5-20-7-9-26-10-8-20/h11-12,19H,4-10,13H2,1-3H3. The summed E-state index contributed by atoms with van der Waals surface area (Å²) < 4.78 is 21.8. The molecule has 1 atom stereocenters. The third kappa shape index (κ3) is 4.62. The van der Waals surface area contributed by atoms with Gasteiger partial charge in [-0.25, -0.2) is 0 Å². The van der Waals surface area contributed by atoms with Gasteiger partial charge in [-0.2, -0.15) is 0 Å². The molecule has 0 N–H and O–H groups in total. The molecule has 7 nitrogen and oxygen atoms in total. The van der Waals surface area contributed by atoms with Crippen LogP contribution in [0.4, 0.5) is 0 Å². The van der Waals surface area contributed by atoms with Crippen LogP contribution >= 0.6 is 11.8 Å². The first-order valence-corrected chi connectivity index (χ1v) is 10.2. The summed E-state index contributed by atoms with van der Waals surface area (Å²) in [5, 5.41) is -0.0723. The Labute approximate surface area is 164 Å². The highest BCUT2D eigenvalue weighted by atomic mass is 32.2. The van der Waals surface area contributed by atoms with Gasteiger partial charge in [-0.3, -0.25) is 9.69 Å². The topological polar surface area (TPSA) is 60.5 Å². The van der Waals surface area contributed by atoms with Crippen molar-refractivity contribution in [2.24, 2.45) is 0 Å². The summed E-state index contributed by atoms with van der Waals surface area (Å²) >= 11 is 1.63. The van der Waals surface area contributed by atoms with Crippen LogP contribution in [0.1, 0.15) is 17.4 Å². The van der Waals surface area contributed by atoms with E-state index in [1.165, 1.54) is 0 Å². The van der Waals surface area contributed by atoms with E-state index in [9.17, 15) is 4.79 Å². The monoisotopic (exact) mass is 396 g/mol. The number of hydrogen-bond acceptors (Lipinski definition) is 7.